The zero-order valence-corrected chi connectivity index (χ0v) is 10.4. The molecule has 98 valence electrons. The summed E-state index contributed by atoms with van der Waals surface area (Å²) in [5.74, 6) is -1.01. The van der Waals surface area contributed by atoms with Gasteiger partial charge >= 0.3 is 5.97 Å². The number of hydrogen-bond acceptors (Lipinski definition) is 4. The largest absolute Gasteiger partial charge is 0.478 e. The van der Waals surface area contributed by atoms with E-state index >= 15 is 0 Å². The maximum atomic E-state index is 10.9. The Balaban J connectivity index is 2.14. The van der Waals surface area contributed by atoms with Crippen molar-refractivity contribution in [2.75, 3.05) is 24.3 Å². The minimum Gasteiger partial charge on any atom is -0.478 e. The average molecular weight is 250 g/mol. The number of aromatic carboxylic acids is 1. The maximum Gasteiger partial charge on any atom is 0.337 e. The highest BCUT2D eigenvalue weighted by Crippen LogP contribution is 2.26. The Labute approximate surface area is 106 Å². The highest BCUT2D eigenvalue weighted by Gasteiger charge is 2.27. The average Bonchev–Trinajstić information content (AvgIpc) is 2.28. The predicted octanol–water partition coefficient (Wildman–Crippen LogP) is 1.95. The van der Waals surface area contributed by atoms with Gasteiger partial charge in [-0.25, -0.2) is 4.79 Å². The third-order valence-corrected chi connectivity index (χ3v) is 3.17. The Morgan fingerprint density at radius 3 is 2.89 bits per heavy atom. The minimum absolute atomic E-state index is 0.116. The van der Waals surface area contributed by atoms with E-state index in [4.69, 9.17) is 15.6 Å². The van der Waals surface area contributed by atoms with Crippen molar-refractivity contribution in [3.63, 3.8) is 0 Å². The van der Waals surface area contributed by atoms with Crippen molar-refractivity contribution in [1.82, 2.24) is 0 Å². The molecule has 1 aromatic rings. The van der Waals surface area contributed by atoms with Crippen molar-refractivity contribution in [3.05, 3.63) is 23.8 Å². The summed E-state index contributed by atoms with van der Waals surface area (Å²) >= 11 is 0. The van der Waals surface area contributed by atoms with Gasteiger partial charge in [-0.2, -0.15) is 0 Å². The van der Waals surface area contributed by atoms with Crippen molar-refractivity contribution < 1.29 is 14.6 Å². The molecule has 1 saturated heterocycles. The van der Waals surface area contributed by atoms with Crippen molar-refractivity contribution in [2.24, 2.45) is 0 Å². The number of benzene rings is 1. The minimum atomic E-state index is -1.01. The lowest BCUT2D eigenvalue weighted by Gasteiger charge is -2.35. The summed E-state index contributed by atoms with van der Waals surface area (Å²) in [4.78, 5) is 10.9. The van der Waals surface area contributed by atoms with E-state index in [0.717, 1.165) is 25.1 Å². The number of carboxylic acids is 1. The molecule has 1 fully saturated rings. The molecule has 0 spiro atoms. The summed E-state index contributed by atoms with van der Waals surface area (Å²) in [6.07, 6.45) is 2.04. The lowest BCUT2D eigenvalue weighted by atomic mass is 9.94. The van der Waals surface area contributed by atoms with E-state index < -0.39 is 5.97 Å². The molecular weight excluding hydrogens is 232 g/mol. The molecule has 0 amide bonds. The summed E-state index contributed by atoms with van der Waals surface area (Å²) in [5, 5.41) is 12.3. The smallest absolute Gasteiger partial charge is 0.337 e. The Hall–Kier alpha value is -1.75. The van der Waals surface area contributed by atoms with Crippen LogP contribution in [0.3, 0.4) is 0 Å². The van der Waals surface area contributed by atoms with Crippen molar-refractivity contribution in [3.8, 4) is 0 Å². The van der Waals surface area contributed by atoms with E-state index in [1.54, 1.807) is 12.1 Å². The molecule has 2 rings (SSSR count). The van der Waals surface area contributed by atoms with Crippen LogP contribution < -0.4 is 11.1 Å². The Morgan fingerprint density at radius 2 is 2.33 bits per heavy atom. The first kappa shape index (κ1) is 12.7. The number of anilines is 2. The molecule has 0 radical (unpaired) electrons. The molecule has 0 saturated carbocycles. The first-order chi connectivity index (χ1) is 8.50. The van der Waals surface area contributed by atoms with Crippen LogP contribution in [0.15, 0.2) is 18.2 Å². The van der Waals surface area contributed by atoms with Gasteiger partial charge in [-0.05, 0) is 38.0 Å². The number of nitrogens with two attached hydrogens (primary N) is 1. The van der Waals surface area contributed by atoms with Gasteiger partial charge < -0.3 is 20.9 Å². The molecule has 5 nitrogen and oxygen atoms in total. The standard InChI is InChI=1S/C13H18N2O3/c1-13(5-2-6-18-8-13)15-9-3-4-10(12(16)17)11(14)7-9/h3-4,7,15H,2,5-6,8,14H2,1H3,(H,16,17). The summed E-state index contributed by atoms with van der Waals surface area (Å²) in [6, 6.07) is 4.91. The van der Waals surface area contributed by atoms with Crippen molar-refractivity contribution in [2.45, 2.75) is 25.3 Å². The van der Waals surface area contributed by atoms with Crippen LogP contribution in [0, 0.1) is 0 Å². The van der Waals surface area contributed by atoms with Gasteiger partial charge in [0.05, 0.1) is 17.7 Å². The van der Waals surface area contributed by atoms with E-state index in [0.29, 0.717) is 6.61 Å². The number of hydrogen-bond donors (Lipinski definition) is 3. The van der Waals surface area contributed by atoms with E-state index in [1.165, 1.54) is 6.07 Å². The number of nitrogen functional groups attached to an aromatic ring is 1. The molecule has 0 aliphatic carbocycles. The van der Waals surface area contributed by atoms with Gasteiger partial charge in [0.2, 0.25) is 0 Å². The molecule has 1 heterocycles. The summed E-state index contributed by atoms with van der Waals surface area (Å²) < 4.78 is 5.46. The van der Waals surface area contributed by atoms with Crippen LogP contribution in [-0.2, 0) is 4.74 Å². The van der Waals surface area contributed by atoms with Crippen LogP contribution >= 0.6 is 0 Å². The highest BCUT2D eigenvalue weighted by atomic mass is 16.5. The van der Waals surface area contributed by atoms with E-state index in [1.807, 2.05) is 0 Å². The van der Waals surface area contributed by atoms with Gasteiger partial charge in [-0.15, -0.1) is 0 Å². The van der Waals surface area contributed by atoms with E-state index in [2.05, 4.69) is 12.2 Å². The van der Waals surface area contributed by atoms with Crippen LogP contribution in [0.5, 0.6) is 0 Å². The van der Waals surface area contributed by atoms with Gasteiger partial charge in [0.25, 0.3) is 0 Å². The number of ether oxygens (including phenoxy) is 1. The zero-order valence-electron chi connectivity index (χ0n) is 10.4. The number of carboxylic acid groups (broad SMARTS) is 1. The van der Waals surface area contributed by atoms with Gasteiger partial charge in [0.15, 0.2) is 0 Å². The lowest BCUT2D eigenvalue weighted by molar-refractivity contribution is 0.0540. The van der Waals surface area contributed by atoms with Crippen LogP contribution in [-0.4, -0.2) is 29.8 Å². The fourth-order valence-corrected chi connectivity index (χ4v) is 2.22. The SMILES string of the molecule is CC1(Nc2ccc(C(=O)O)c(N)c2)CCCOC1. The third-order valence-electron chi connectivity index (χ3n) is 3.17. The van der Waals surface area contributed by atoms with Crippen molar-refractivity contribution in [1.29, 1.82) is 0 Å². The first-order valence-corrected chi connectivity index (χ1v) is 5.99. The second-order valence-corrected chi connectivity index (χ2v) is 4.95. The molecule has 1 atom stereocenters. The summed E-state index contributed by atoms with van der Waals surface area (Å²) in [6.45, 7) is 3.54. The fourth-order valence-electron chi connectivity index (χ4n) is 2.22. The number of nitrogens with one attached hydrogen (secondary N) is 1. The molecule has 18 heavy (non-hydrogen) atoms. The van der Waals surface area contributed by atoms with Crippen LogP contribution in [0.2, 0.25) is 0 Å². The lowest BCUT2D eigenvalue weighted by Crippen LogP contribution is -2.43. The van der Waals surface area contributed by atoms with E-state index in [9.17, 15) is 4.79 Å². The third kappa shape index (κ3) is 2.73. The van der Waals surface area contributed by atoms with Crippen LogP contribution in [0.1, 0.15) is 30.1 Å². The van der Waals surface area contributed by atoms with Crippen molar-refractivity contribution >= 4 is 17.3 Å². The molecule has 1 unspecified atom stereocenters. The van der Waals surface area contributed by atoms with Crippen LogP contribution in [0.4, 0.5) is 11.4 Å². The Morgan fingerprint density at radius 1 is 1.56 bits per heavy atom. The number of rotatable bonds is 3. The molecule has 5 heteroatoms. The van der Waals surface area contributed by atoms with Crippen LogP contribution in [0.25, 0.3) is 0 Å². The monoisotopic (exact) mass is 250 g/mol. The number of carbonyl (C=O) groups is 1. The summed E-state index contributed by atoms with van der Waals surface area (Å²) in [5.41, 5.74) is 6.83. The molecule has 0 bridgehead atoms. The second-order valence-electron chi connectivity index (χ2n) is 4.95. The molecule has 0 aromatic heterocycles. The highest BCUT2D eigenvalue weighted by molar-refractivity contribution is 5.94. The van der Waals surface area contributed by atoms with E-state index in [-0.39, 0.29) is 16.8 Å². The molecule has 4 N–H and O–H groups in total. The fraction of sp³-hybridized carbons (Fsp3) is 0.462. The molecule has 1 aliphatic heterocycles. The maximum absolute atomic E-state index is 10.9. The molecule has 1 aromatic carbocycles. The van der Waals surface area contributed by atoms with Gasteiger partial charge in [0, 0.05) is 18.0 Å². The van der Waals surface area contributed by atoms with Gasteiger partial charge in [0.1, 0.15) is 0 Å². The molecule has 1 aliphatic rings. The second kappa shape index (κ2) is 4.86. The molecular formula is C13H18N2O3. The quantitative estimate of drug-likeness (QED) is 0.714. The predicted molar refractivity (Wildman–Crippen MR) is 69.9 cm³/mol. The summed E-state index contributed by atoms with van der Waals surface area (Å²) in [7, 11) is 0. The normalized spacial score (nSPS) is 23.6. The Kier molecular flexibility index (Phi) is 3.43. The first-order valence-electron chi connectivity index (χ1n) is 5.99. The van der Waals surface area contributed by atoms with Gasteiger partial charge in [-0.1, -0.05) is 0 Å². The van der Waals surface area contributed by atoms with Gasteiger partial charge in [-0.3, -0.25) is 0 Å². The Bertz CT molecular complexity index is 454. The topological polar surface area (TPSA) is 84.6 Å². The zero-order chi connectivity index (χ0) is 13.2.